The molecule has 0 unspecified atom stereocenters. The quantitative estimate of drug-likeness (QED) is 0.537. The number of carbonyl (C=O) groups excluding carboxylic acids is 1. The van der Waals surface area contributed by atoms with Gasteiger partial charge in [-0.3, -0.25) is 4.79 Å². The fourth-order valence-corrected chi connectivity index (χ4v) is 3.33. The molecular weight excluding hydrogens is 416 g/mol. The Morgan fingerprint density at radius 1 is 1.12 bits per heavy atom. The van der Waals surface area contributed by atoms with E-state index in [1.54, 1.807) is 18.4 Å². The summed E-state index contributed by atoms with van der Waals surface area (Å²) in [5.74, 6) is 0.547. The van der Waals surface area contributed by atoms with Crippen LogP contribution < -0.4 is 0 Å². The molecule has 130 valence electrons. The average molecular weight is 430 g/mol. The Bertz CT molecular complexity index is 950. The monoisotopic (exact) mass is 428 g/mol. The number of amides is 1. The summed E-state index contributed by atoms with van der Waals surface area (Å²) in [6, 6.07) is 18.1. The molecule has 0 bridgehead atoms. The molecule has 0 spiro atoms. The Morgan fingerprint density at radius 3 is 2.50 bits per heavy atom. The molecule has 4 nitrogen and oxygen atoms in total. The highest BCUT2D eigenvalue weighted by molar-refractivity contribution is 9.10. The van der Waals surface area contributed by atoms with Gasteiger partial charge in [0.1, 0.15) is 11.8 Å². The van der Waals surface area contributed by atoms with Gasteiger partial charge in [-0.05, 0) is 54.1 Å². The first-order chi connectivity index (χ1) is 12.6. The number of furan rings is 1. The molecule has 1 aromatic heterocycles. The third-order valence-electron chi connectivity index (χ3n) is 4.26. The fourth-order valence-electron chi connectivity index (χ4n) is 2.94. The molecule has 0 aliphatic carbocycles. The van der Waals surface area contributed by atoms with Crippen LogP contribution >= 0.6 is 27.5 Å². The fraction of sp³-hybridized carbons (Fsp3) is 0.100. The summed E-state index contributed by atoms with van der Waals surface area (Å²) in [6.45, 7) is 0. The van der Waals surface area contributed by atoms with E-state index in [1.807, 2.05) is 48.5 Å². The van der Waals surface area contributed by atoms with Gasteiger partial charge in [-0.2, -0.15) is 5.10 Å². The van der Waals surface area contributed by atoms with Gasteiger partial charge < -0.3 is 4.42 Å². The molecule has 2 heterocycles. The molecule has 1 amide bonds. The lowest BCUT2D eigenvalue weighted by Crippen LogP contribution is -2.26. The Morgan fingerprint density at radius 2 is 1.85 bits per heavy atom. The van der Waals surface area contributed by atoms with Crippen LogP contribution in [-0.2, 0) is 0 Å². The number of hydrazone groups is 1. The topological polar surface area (TPSA) is 45.8 Å². The summed E-state index contributed by atoms with van der Waals surface area (Å²) < 4.78 is 6.48. The molecule has 0 saturated heterocycles. The second-order valence-electron chi connectivity index (χ2n) is 5.95. The summed E-state index contributed by atoms with van der Waals surface area (Å²) in [5, 5.41) is 6.78. The molecule has 1 atom stereocenters. The first-order valence-corrected chi connectivity index (χ1v) is 9.25. The highest BCUT2D eigenvalue weighted by Crippen LogP contribution is 2.34. The van der Waals surface area contributed by atoms with Crippen LogP contribution in [0.3, 0.4) is 0 Å². The first kappa shape index (κ1) is 17.1. The van der Waals surface area contributed by atoms with Gasteiger partial charge in [0.25, 0.3) is 5.91 Å². The van der Waals surface area contributed by atoms with Crippen LogP contribution in [0.5, 0.6) is 0 Å². The molecule has 4 rings (SSSR count). The summed E-state index contributed by atoms with van der Waals surface area (Å²) in [5.41, 5.74) is 2.34. The van der Waals surface area contributed by atoms with Crippen LogP contribution in [0.15, 0.2) is 80.9 Å². The minimum absolute atomic E-state index is 0.164. The molecule has 3 aromatic rings. The van der Waals surface area contributed by atoms with Crippen molar-refractivity contribution >= 4 is 39.1 Å². The molecule has 26 heavy (non-hydrogen) atoms. The zero-order valence-corrected chi connectivity index (χ0v) is 15.9. The van der Waals surface area contributed by atoms with Gasteiger partial charge in [0.05, 0.1) is 12.0 Å². The predicted molar refractivity (Wildman–Crippen MR) is 104 cm³/mol. The van der Waals surface area contributed by atoms with Gasteiger partial charge in [0, 0.05) is 21.5 Å². The lowest BCUT2D eigenvalue weighted by molar-refractivity contribution is 0.0693. The molecule has 0 N–H and O–H groups in total. The normalized spacial score (nSPS) is 16.6. The maximum absolute atomic E-state index is 13.0. The van der Waals surface area contributed by atoms with Crippen molar-refractivity contribution < 1.29 is 9.21 Å². The van der Waals surface area contributed by atoms with Gasteiger partial charge in [0.2, 0.25) is 0 Å². The number of nitrogens with zero attached hydrogens (tertiary/aromatic N) is 2. The van der Waals surface area contributed by atoms with Crippen LogP contribution in [0.25, 0.3) is 0 Å². The Balaban J connectivity index is 1.70. The third-order valence-corrected chi connectivity index (χ3v) is 5.04. The molecule has 6 heteroatoms. The molecule has 1 aliphatic rings. The van der Waals surface area contributed by atoms with E-state index in [1.165, 1.54) is 5.01 Å². The maximum atomic E-state index is 13.0. The van der Waals surface area contributed by atoms with E-state index in [9.17, 15) is 4.79 Å². The lowest BCUT2D eigenvalue weighted by Gasteiger charge is -2.19. The number of halogens is 2. The van der Waals surface area contributed by atoms with Crippen molar-refractivity contribution in [2.75, 3.05) is 0 Å². The lowest BCUT2D eigenvalue weighted by atomic mass is 10.0. The average Bonchev–Trinajstić information content (AvgIpc) is 3.32. The molecule has 0 fully saturated rings. The van der Waals surface area contributed by atoms with Crippen molar-refractivity contribution in [3.8, 4) is 0 Å². The van der Waals surface area contributed by atoms with E-state index in [0.29, 0.717) is 22.8 Å². The largest absolute Gasteiger partial charge is 0.467 e. The van der Waals surface area contributed by atoms with Crippen molar-refractivity contribution in [3.05, 3.63) is 93.3 Å². The van der Waals surface area contributed by atoms with Crippen LogP contribution in [0.2, 0.25) is 5.02 Å². The molecule has 0 radical (unpaired) electrons. The predicted octanol–water partition coefficient (Wildman–Crippen LogP) is 5.69. The van der Waals surface area contributed by atoms with Gasteiger partial charge in [0.15, 0.2) is 0 Å². The van der Waals surface area contributed by atoms with Crippen molar-refractivity contribution in [2.45, 2.75) is 12.5 Å². The van der Waals surface area contributed by atoms with E-state index in [2.05, 4.69) is 21.0 Å². The Labute approximate surface area is 164 Å². The molecule has 1 aliphatic heterocycles. The standard InChI is InChI=1S/C20H14BrClN2O2/c21-15-7-3-14(4-8-15)20(25)24-18(19-2-1-11-26-19)12-17(23-24)13-5-9-16(22)10-6-13/h1-11,18H,12H2/t18-/m0/s1. The van der Waals surface area contributed by atoms with Crippen molar-refractivity contribution in [1.29, 1.82) is 0 Å². The van der Waals surface area contributed by atoms with Gasteiger partial charge in [-0.15, -0.1) is 0 Å². The Kier molecular flexibility index (Phi) is 4.66. The van der Waals surface area contributed by atoms with Crippen molar-refractivity contribution in [1.82, 2.24) is 5.01 Å². The maximum Gasteiger partial charge on any atom is 0.274 e. The highest BCUT2D eigenvalue weighted by Gasteiger charge is 2.35. The number of hydrogen-bond donors (Lipinski definition) is 0. The minimum Gasteiger partial charge on any atom is -0.467 e. The highest BCUT2D eigenvalue weighted by atomic mass is 79.9. The smallest absolute Gasteiger partial charge is 0.274 e. The van der Waals surface area contributed by atoms with Crippen LogP contribution in [-0.4, -0.2) is 16.6 Å². The molecule has 0 saturated carbocycles. The Hall–Kier alpha value is -2.37. The third kappa shape index (κ3) is 3.32. The van der Waals surface area contributed by atoms with Gasteiger partial charge in [-0.1, -0.05) is 39.7 Å². The molecular formula is C20H14BrClN2O2. The number of hydrogen-bond acceptors (Lipinski definition) is 3. The molecule has 2 aromatic carbocycles. The zero-order valence-electron chi connectivity index (χ0n) is 13.6. The van der Waals surface area contributed by atoms with E-state index >= 15 is 0 Å². The zero-order chi connectivity index (χ0) is 18.1. The second kappa shape index (κ2) is 7.09. The number of benzene rings is 2. The van der Waals surface area contributed by atoms with E-state index in [0.717, 1.165) is 15.7 Å². The van der Waals surface area contributed by atoms with Gasteiger partial charge >= 0.3 is 0 Å². The van der Waals surface area contributed by atoms with Crippen molar-refractivity contribution in [2.24, 2.45) is 5.10 Å². The number of carbonyl (C=O) groups is 1. The second-order valence-corrected chi connectivity index (χ2v) is 7.30. The van der Waals surface area contributed by atoms with Crippen LogP contribution in [0.1, 0.15) is 34.1 Å². The summed E-state index contributed by atoms with van der Waals surface area (Å²) in [7, 11) is 0. The van der Waals surface area contributed by atoms with Gasteiger partial charge in [-0.25, -0.2) is 5.01 Å². The van der Waals surface area contributed by atoms with E-state index in [4.69, 9.17) is 16.0 Å². The summed E-state index contributed by atoms with van der Waals surface area (Å²) in [4.78, 5) is 13.0. The van der Waals surface area contributed by atoms with Crippen LogP contribution in [0.4, 0.5) is 0 Å². The number of rotatable bonds is 3. The minimum atomic E-state index is -0.271. The first-order valence-electron chi connectivity index (χ1n) is 8.08. The van der Waals surface area contributed by atoms with E-state index in [-0.39, 0.29) is 11.9 Å². The summed E-state index contributed by atoms with van der Waals surface area (Å²) >= 11 is 9.37. The SMILES string of the molecule is O=C(c1ccc(Br)cc1)N1N=C(c2ccc(Cl)cc2)C[C@H]1c1ccco1. The summed E-state index contributed by atoms with van der Waals surface area (Å²) in [6.07, 6.45) is 2.19. The van der Waals surface area contributed by atoms with Crippen molar-refractivity contribution in [3.63, 3.8) is 0 Å². The van der Waals surface area contributed by atoms with E-state index < -0.39 is 0 Å². The van der Waals surface area contributed by atoms with Crippen LogP contribution in [0, 0.1) is 0 Å².